The molecule has 19 heavy (non-hydrogen) atoms. The Balaban J connectivity index is 0.00000180. The molecule has 0 spiro atoms. The molecule has 0 radical (unpaired) electrons. The average Bonchev–Trinajstić information content (AvgIpc) is 2.78. The molecule has 4 nitrogen and oxygen atoms in total. The smallest absolute Gasteiger partial charge is 0.224 e. The number of piperidine rings is 1. The van der Waals surface area contributed by atoms with E-state index in [9.17, 15) is 4.79 Å². The summed E-state index contributed by atoms with van der Waals surface area (Å²) >= 11 is 0. The molecule has 2 aliphatic rings. The van der Waals surface area contributed by atoms with E-state index in [0.717, 1.165) is 32.1 Å². The molecule has 5 heteroatoms. The van der Waals surface area contributed by atoms with Crippen molar-refractivity contribution >= 4 is 18.3 Å². The van der Waals surface area contributed by atoms with Crippen LogP contribution in [0.2, 0.25) is 0 Å². The van der Waals surface area contributed by atoms with Crippen molar-refractivity contribution in [1.82, 2.24) is 15.5 Å². The Morgan fingerprint density at radius 2 is 1.95 bits per heavy atom. The summed E-state index contributed by atoms with van der Waals surface area (Å²) in [6.07, 6.45) is 2.61. The van der Waals surface area contributed by atoms with E-state index in [-0.39, 0.29) is 24.2 Å². The van der Waals surface area contributed by atoms with E-state index in [2.05, 4.69) is 29.4 Å². The number of likely N-dealkylation sites (tertiary alicyclic amines) is 1. The molecular formula is C14H28ClN3O. The van der Waals surface area contributed by atoms with Crippen LogP contribution >= 0.6 is 12.4 Å². The minimum Gasteiger partial charge on any atom is -0.355 e. The molecule has 1 amide bonds. The van der Waals surface area contributed by atoms with Crippen LogP contribution in [-0.4, -0.2) is 50.1 Å². The first-order valence-electron chi connectivity index (χ1n) is 7.37. The van der Waals surface area contributed by atoms with Crippen molar-refractivity contribution in [2.75, 3.05) is 39.3 Å². The Hall–Kier alpha value is -0.320. The maximum absolute atomic E-state index is 12.0. The first kappa shape index (κ1) is 16.7. The van der Waals surface area contributed by atoms with Crippen molar-refractivity contribution in [3.05, 3.63) is 0 Å². The highest BCUT2D eigenvalue weighted by molar-refractivity contribution is 5.85. The molecule has 0 aliphatic carbocycles. The zero-order valence-corrected chi connectivity index (χ0v) is 13.0. The molecule has 2 fully saturated rings. The van der Waals surface area contributed by atoms with Crippen molar-refractivity contribution in [2.45, 2.75) is 26.7 Å². The molecule has 0 aromatic heterocycles. The number of hydrogen-bond donors (Lipinski definition) is 2. The van der Waals surface area contributed by atoms with Crippen molar-refractivity contribution in [3.8, 4) is 0 Å². The molecule has 112 valence electrons. The van der Waals surface area contributed by atoms with Gasteiger partial charge in [-0.15, -0.1) is 12.4 Å². The number of halogens is 1. The topological polar surface area (TPSA) is 44.4 Å². The van der Waals surface area contributed by atoms with Crippen molar-refractivity contribution in [1.29, 1.82) is 0 Å². The fraction of sp³-hybridized carbons (Fsp3) is 0.929. The van der Waals surface area contributed by atoms with E-state index in [0.29, 0.717) is 5.92 Å². The van der Waals surface area contributed by atoms with E-state index < -0.39 is 0 Å². The van der Waals surface area contributed by atoms with Gasteiger partial charge in [0, 0.05) is 19.6 Å². The number of carbonyl (C=O) groups excluding carboxylic acids is 1. The molecule has 0 bridgehead atoms. The highest BCUT2D eigenvalue weighted by Gasteiger charge is 2.29. The van der Waals surface area contributed by atoms with Gasteiger partial charge in [0.1, 0.15) is 0 Å². The van der Waals surface area contributed by atoms with Gasteiger partial charge in [-0.1, -0.05) is 13.8 Å². The number of amides is 1. The lowest BCUT2D eigenvalue weighted by Crippen LogP contribution is -2.41. The lowest BCUT2D eigenvalue weighted by atomic mass is 9.97. The Bertz CT molecular complexity index is 280. The largest absolute Gasteiger partial charge is 0.355 e. The Labute approximate surface area is 123 Å². The van der Waals surface area contributed by atoms with Gasteiger partial charge in [-0.25, -0.2) is 0 Å². The summed E-state index contributed by atoms with van der Waals surface area (Å²) in [5.41, 5.74) is 0. The molecule has 2 atom stereocenters. The lowest BCUT2D eigenvalue weighted by molar-refractivity contribution is -0.125. The summed E-state index contributed by atoms with van der Waals surface area (Å²) in [4.78, 5) is 14.4. The third-order valence-corrected chi connectivity index (χ3v) is 4.46. The predicted octanol–water partition coefficient (Wildman–Crippen LogP) is 1.11. The highest BCUT2D eigenvalue weighted by atomic mass is 35.5. The van der Waals surface area contributed by atoms with E-state index in [1.54, 1.807) is 0 Å². The summed E-state index contributed by atoms with van der Waals surface area (Å²) in [5.74, 6) is 1.76. The van der Waals surface area contributed by atoms with Gasteiger partial charge in [-0.3, -0.25) is 4.79 Å². The summed E-state index contributed by atoms with van der Waals surface area (Å²) in [6.45, 7) is 10.5. The first-order valence-corrected chi connectivity index (χ1v) is 7.37. The minimum absolute atomic E-state index is 0. The molecule has 0 aromatic rings. The normalized spacial score (nSPS) is 28.9. The maximum atomic E-state index is 12.0. The molecule has 0 unspecified atom stereocenters. The van der Waals surface area contributed by atoms with Crippen molar-refractivity contribution in [2.24, 2.45) is 17.8 Å². The molecule has 2 aliphatic heterocycles. The number of hydrogen-bond acceptors (Lipinski definition) is 3. The van der Waals surface area contributed by atoms with Crippen LogP contribution in [0.5, 0.6) is 0 Å². The molecular weight excluding hydrogens is 262 g/mol. The molecule has 2 heterocycles. The van der Waals surface area contributed by atoms with Gasteiger partial charge >= 0.3 is 0 Å². The third kappa shape index (κ3) is 4.93. The fourth-order valence-electron chi connectivity index (χ4n) is 2.92. The average molecular weight is 290 g/mol. The quantitative estimate of drug-likeness (QED) is 0.815. The maximum Gasteiger partial charge on any atom is 0.224 e. The van der Waals surface area contributed by atoms with Crippen LogP contribution in [0, 0.1) is 17.8 Å². The third-order valence-electron chi connectivity index (χ3n) is 4.46. The first-order chi connectivity index (χ1) is 8.66. The van der Waals surface area contributed by atoms with Crippen LogP contribution in [0.1, 0.15) is 26.7 Å². The standard InChI is InChI=1S/C14H27N3O.ClH/c1-11-3-6-17(7-4-11)8-5-16-14(18)13-10-15-9-12(13)2;/h11-13,15H,3-10H2,1-2H3,(H,16,18);1H/t12-,13-;/m1./s1. The highest BCUT2D eigenvalue weighted by Crippen LogP contribution is 2.16. The van der Waals surface area contributed by atoms with Crippen LogP contribution in [0.4, 0.5) is 0 Å². The second-order valence-electron chi connectivity index (χ2n) is 6.06. The Morgan fingerprint density at radius 3 is 2.53 bits per heavy atom. The Morgan fingerprint density at radius 1 is 1.26 bits per heavy atom. The van der Waals surface area contributed by atoms with E-state index in [4.69, 9.17) is 0 Å². The summed E-state index contributed by atoms with van der Waals surface area (Å²) in [5, 5.41) is 6.37. The van der Waals surface area contributed by atoms with Gasteiger partial charge in [0.2, 0.25) is 5.91 Å². The fourth-order valence-corrected chi connectivity index (χ4v) is 2.92. The Kier molecular flexibility index (Phi) is 7.11. The van der Waals surface area contributed by atoms with Gasteiger partial charge in [0.25, 0.3) is 0 Å². The van der Waals surface area contributed by atoms with Gasteiger partial charge in [-0.2, -0.15) is 0 Å². The monoisotopic (exact) mass is 289 g/mol. The van der Waals surface area contributed by atoms with Crippen LogP contribution in [0.3, 0.4) is 0 Å². The van der Waals surface area contributed by atoms with E-state index in [1.165, 1.54) is 25.9 Å². The minimum atomic E-state index is 0. The van der Waals surface area contributed by atoms with Crippen molar-refractivity contribution < 1.29 is 4.79 Å². The summed E-state index contributed by atoms with van der Waals surface area (Å²) in [6, 6.07) is 0. The molecule has 2 N–H and O–H groups in total. The molecule has 2 saturated heterocycles. The lowest BCUT2D eigenvalue weighted by Gasteiger charge is -2.30. The van der Waals surface area contributed by atoms with Gasteiger partial charge in [0.05, 0.1) is 5.92 Å². The zero-order chi connectivity index (χ0) is 13.0. The van der Waals surface area contributed by atoms with E-state index >= 15 is 0 Å². The van der Waals surface area contributed by atoms with Gasteiger partial charge in [-0.05, 0) is 44.3 Å². The number of carbonyl (C=O) groups is 1. The number of nitrogens with zero attached hydrogens (tertiary/aromatic N) is 1. The van der Waals surface area contributed by atoms with E-state index in [1.807, 2.05) is 0 Å². The number of nitrogens with one attached hydrogen (secondary N) is 2. The van der Waals surface area contributed by atoms with Crippen molar-refractivity contribution in [3.63, 3.8) is 0 Å². The second-order valence-corrected chi connectivity index (χ2v) is 6.06. The molecule has 0 saturated carbocycles. The predicted molar refractivity (Wildman–Crippen MR) is 80.6 cm³/mol. The number of rotatable bonds is 4. The molecule has 0 aromatic carbocycles. The van der Waals surface area contributed by atoms with Crippen LogP contribution in [-0.2, 0) is 4.79 Å². The summed E-state index contributed by atoms with van der Waals surface area (Å²) < 4.78 is 0. The SMILES string of the molecule is CC1CCN(CCNC(=O)[C@@H]2CNC[C@H]2C)CC1.Cl. The van der Waals surface area contributed by atoms with Gasteiger partial charge < -0.3 is 15.5 Å². The van der Waals surface area contributed by atoms with Crippen LogP contribution in [0.15, 0.2) is 0 Å². The second kappa shape index (κ2) is 8.08. The van der Waals surface area contributed by atoms with Gasteiger partial charge in [0.15, 0.2) is 0 Å². The summed E-state index contributed by atoms with van der Waals surface area (Å²) in [7, 11) is 0. The van der Waals surface area contributed by atoms with Crippen LogP contribution in [0.25, 0.3) is 0 Å². The zero-order valence-electron chi connectivity index (χ0n) is 12.2. The molecule has 2 rings (SSSR count). The van der Waals surface area contributed by atoms with Crippen LogP contribution < -0.4 is 10.6 Å².